The van der Waals surface area contributed by atoms with E-state index in [9.17, 15) is 0 Å². The van der Waals surface area contributed by atoms with Crippen LogP contribution in [0.2, 0.25) is 0 Å². The van der Waals surface area contributed by atoms with Crippen molar-refractivity contribution in [2.75, 3.05) is 26.2 Å². The van der Waals surface area contributed by atoms with Crippen LogP contribution in [0.3, 0.4) is 0 Å². The fraction of sp³-hybridized carbons (Fsp3) is 0.632. The molecule has 0 aromatic heterocycles. The topological polar surface area (TPSA) is 27.6 Å². The first-order valence-corrected chi connectivity index (χ1v) is 8.93. The summed E-state index contributed by atoms with van der Waals surface area (Å²) < 4.78 is 0. The van der Waals surface area contributed by atoms with Crippen LogP contribution < -0.4 is 5.32 Å². The number of likely N-dealkylation sites (tertiary alicyclic amines) is 1. The average Bonchev–Trinajstić information content (AvgIpc) is 3.16. The van der Waals surface area contributed by atoms with E-state index in [0.29, 0.717) is 5.41 Å². The molecule has 0 atom stereocenters. The van der Waals surface area contributed by atoms with Crippen molar-refractivity contribution in [2.24, 2.45) is 4.99 Å². The molecule has 1 aromatic carbocycles. The number of hydrogen-bond donors (Lipinski definition) is 1. The van der Waals surface area contributed by atoms with Gasteiger partial charge in [-0.1, -0.05) is 43.7 Å². The Labute approximate surface area is 134 Å². The summed E-state index contributed by atoms with van der Waals surface area (Å²) in [6.45, 7) is 6.54. The lowest BCUT2D eigenvalue weighted by Gasteiger charge is -2.23. The maximum atomic E-state index is 5.02. The third kappa shape index (κ3) is 3.63. The van der Waals surface area contributed by atoms with Crippen LogP contribution in [0.25, 0.3) is 0 Å². The molecular weight excluding hydrogens is 270 g/mol. The van der Waals surface area contributed by atoms with Gasteiger partial charge in [-0.25, -0.2) is 0 Å². The molecular formula is C19H29N3. The molecule has 1 saturated heterocycles. The van der Waals surface area contributed by atoms with Crippen molar-refractivity contribution in [2.45, 2.75) is 50.9 Å². The number of nitrogens with one attached hydrogen (secondary N) is 1. The molecule has 1 aliphatic heterocycles. The monoisotopic (exact) mass is 299 g/mol. The Balaban J connectivity index is 1.66. The highest BCUT2D eigenvalue weighted by molar-refractivity contribution is 5.80. The van der Waals surface area contributed by atoms with Crippen LogP contribution in [0.5, 0.6) is 0 Å². The first-order valence-electron chi connectivity index (χ1n) is 8.93. The summed E-state index contributed by atoms with van der Waals surface area (Å²) in [6, 6.07) is 10.9. The SMILES string of the molecule is CCCCNC(=NCC1(c2ccccc2)CC1)N1CCCC1. The van der Waals surface area contributed by atoms with Crippen molar-refractivity contribution in [1.82, 2.24) is 10.2 Å². The van der Waals surface area contributed by atoms with Crippen molar-refractivity contribution < 1.29 is 0 Å². The zero-order valence-electron chi connectivity index (χ0n) is 13.9. The lowest BCUT2D eigenvalue weighted by molar-refractivity contribution is 0.487. The van der Waals surface area contributed by atoms with Crippen molar-refractivity contribution >= 4 is 5.96 Å². The van der Waals surface area contributed by atoms with E-state index in [4.69, 9.17) is 4.99 Å². The lowest BCUT2D eigenvalue weighted by atomic mass is 9.96. The predicted octanol–water partition coefficient (Wildman–Crippen LogP) is 3.56. The molecule has 0 radical (unpaired) electrons. The van der Waals surface area contributed by atoms with Gasteiger partial charge in [0, 0.05) is 25.0 Å². The molecule has 22 heavy (non-hydrogen) atoms. The summed E-state index contributed by atoms with van der Waals surface area (Å²) in [7, 11) is 0. The summed E-state index contributed by atoms with van der Waals surface area (Å²) in [5.74, 6) is 1.15. The third-order valence-electron chi connectivity index (χ3n) is 4.99. The Kier molecular flexibility index (Phi) is 5.01. The summed E-state index contributed by atoms with van der Waals surface area (Å²) >= 11 is 0. The van der Waals surface area contributed by atoms with E-state index in [1.807, 2.05) is 0 Å². The largest absolute Gasteiger partial charge is 0.356 e. The summed E-state index contributed by atoms with van der Waals surface area (Å²) in [5.41, 5.74) is 1.78. The van der Waals surface area contributed by atoms with Crippen molar-refractivity contribution in [1.29, 1.82) is 0 Å². The molecule has 0 bridgehead atoms. The van der Waals surface area contributed by atoms with Gasteiger partial charge in [0.15, 0.2) is 5.96 Å². The van der Waals surface area contributed by atoms with Gasteiger partial charge in [-0.2, -0.15) is 0 Å². The molecule has 3 heteroatoms. The number of rotatable bonds is 6. The zero-order chi connectivity index (χ0) is 15.3. The van der Waals surface area contributed by atoms with Crippen LogP contribution in [0.15, 0.2) is 35.3 Å². The van der Waals surface area contributed by atoms with E-state index in [1.165, 1.54) is 44.1 Å². The minimum absolute atomic E-state index is 0.318. The summed E-state index contributed by atoms with van der Waals surface area (Å²) in [6.07, 6.45) is 7.62. The molecule has 3 rings (SSSR count). The van der Waals surface area contributed by atoms with E-state index >= 15 is 0 Å². The molecule has 120 valence electrons. The van der Waals surface area contributed by atoms with Gasteiger partial charge in [0.2, 0.25) is 0 Å². The first kappa shape index (κ1) is 15.4. The Hall–Kier alpha value is -1.51. The van der Waals surface area contributed by atoms with Crippen LogP contribution in [0.1, 0.15) is 51.0 Å². The van der Waals surface area contributed by atoms with Gasteiger partial charge < -0.3 is 10.2 Å². The normalized spacial score (nSPS) is 20.2. The van der Waals surface area contributed by atoms with Crippen molar-refractivity contribution in [3.05, 3.63) is 35.9 Å². The standard InChI is InChI=1S/C19H29N3/c1-2-3-13-20-18(22-14-7-8-15-22)21-16-19(11-12-19)17-9-5-4-6-10-17/h4-6,9-10H,2-3,7-8,11-16H2,1H3,(H,20,21). The van der Waals surface area contributed by atoms with E-state index in [-0.39, 0.29) is 0 Å². The summed E-state index contributed by atoms with van der Waals surface area (Å²) in [4.78, 5) is 7.46. The second-order valence-electron chi connectivity index (χ2n) is 6.76. The molecule has 0 unspecified atom stereocenters. The minimum atomic E-state index is 0.318. The minimum Gasteiger partial charge on any atom is -0.356 e. The number of benzene rings is 1. The van der Waals surface area contributed by atoms with Gasteiger partial charge in [-0.15, -0.1) is 0 Å². The van der Waals surface area contributed by atoms with Gasteiger partial charge in [-0.05, 0) is 37.7 Å². The molecule has 1 saturated carbocycles. The van der Waals surface area contributed by atoms with Crippen LogP contribution in [0.4, 0.5) is 0 Å². The van der Waals surface area contributed by atoms with E-state index in [2.05, 4.69) is 47.5 Å². The quantitative estimate of drug-likeness (QED) is 0.494. The van der Waals surface area contributed by atoms with Gasteiger partial charge in [0.1, 0.15) is 0 Å². The Bertz CT molecular complexity index is 485. The summed E-state index contributed by atoms with van der Waals surface area (Å²) in [5, 5.41) is 3.59. The van der Waals surface area contributed by atoms with Crippen LogP contribution in [-0.4, -0.2) is 37.0 Å². The number of nitrogens with zero attached hydrogens (tertiary/aromatic N) is 2. The van der Waals surface area contributed by atoms with E-state index in [0.717, 1.165) is 32.1 Å². The van der Waals surface area contributed by atoms with Gasteiger partial charge in [0.25, 0.3) is 0 Å². The predicted molar refractivity (Wildman–Crippen MR) is 93.4 cm³/mol. The Morgan fingerprint density at radius 2 is 1.91 bits per heavy atom. The molecule has 3 nitrogen and oxygen atoms in total. The lowest BCUT2D eigenvalue weighted by Crippen LogP contribution is -2.40. The fourth-order valence-corrected chi connectivity index (χ4v) is 3.28. The maximum absolute atomic E-state index is 5.02. The molecule has 0 amide bonds. The number of unbranched alkanes of at least 4 members (excludes halogenated alkanes) is 1. The van der Waals surface area contributed by atoms with Gasteiger partial charge in [0.05, 0.1) is 6.54 Å². The molecule has 1 N–H and O–H groups in total. The first-order chi connectivity index (χ1) is 10.8. The van der Waals surface area contributed by atoms with Crippen LogP contribution in [-0.2, 0) is 5.41 Å². The highest BCUT2D eigenvalue weighted by Gasteiger charge is 2.44. The number of aliphatic imine (C=N–C) groups is 1. The zero-order valence-corrected chi connectivity index (χ0v) is 13.9. The van der Waals surface area contributed by atoms with Crippen molar-refractivity contribution in [3.63, 3.8) is 0 Å². The molecule has 2 aliphatic rings. The van der Waals surface area contributed by atoms with Crippen LogP contribution >= 0.6 is 0 Å². The van der Waals surface area contributed by atoms with Crippen molar-refractivity contribution in [3.8, 4) is 0 Å². The molecule has 1 aromatic rings. The Morgan fingerprint density at radius 1 is 1.18 bits per heavy atom. The molecule has 1 aliphatic carbocycles. The van der Waals surface area contributed by atoms with Gasteiger partial charge >= 0.3 is 0 Å². The number of hydrogen-bond acceptors (Lipinski definition) is 1. The highest BCUT2D eigenvalue weighted by Crippen LogP contribution is 2.48. The average molecular weight is 299 g/mol. The second kappa shape index (κ2) is 7.17. The molecule has 0 spiro atoms. The molecule has 1 heterocycles. The number of guanidine groups is 1. The Morgan fingerprint density at radius 3 is 2.55 bits per heavy atom. The van der Waals surface area contributed by atoms with E-state index in [1.54, 1.807) is 0 Å². The highest BCUT2D eigenvalue weighted by atomic mass is 15.3. The van der Waals surface area contributed by atoms with Crippen LogP contribution in [0, 0.1) is 0 Å². The second-order valence-corrected chi connectivity index (χ2v) is 6.76. The fourth-order valence-electron chi connectivity index (χ4n) is 3.28. The maximum Gasteiger partial charge on any atom is 0.193 e. The molecule has 2 fully saturated rings. The smallest absolute Gasteiger partial charge is 0.193 e. The third-order valence-corrected chi connectivity index (χ3v) is 4.99. The van der Waals surface area contributed by atoms with Gasteiger partial charge in [-0.3, -0.25) is 4.99 Å². The van der Waals surface area contributed by atoms with E-state index < -0.39 is 0 Å².